The van der Waals surface area contributed by atoms with Gasteiger partial charge >= 0.3 is 13.1 Å². The maximum absolute atomic E-state index is 13.6. The predicted molar refractivity (Wildman–Crippen MR) is 113 cm³/mol. The van der Waals surface area contributed by atoms with E-state index in [1.54, 1.807) is 19.1 Å². The first-order valence-corrected chi connectivity index (χ1v) is 10.6. The van der Waals surface area contributed by atoms with Crippen molar-refractivity contribution in [1.82, 2.24) is 9.80 Å². The second kappa shape index (κ2) is 9.91. The van der Waals surface area contributed by atoms with Crippen LogP contribution in [-0.4, -0.2) is 84.4 Å². The van der Waals surface area contributed by atoms with E-state index in [9.17, 15) is 19.7 Å². The van der Waals surface area contributed by atoms with Gasteiger partial charge in [0.05, 0.1) is 13.2 Å². The molecule has 0 radical (unpaired) electrons. The lowest BCUT2D eigenvalue weighted by atomic mass is 9.75. The van der Waals surface area contributed by atoms with Gasteiger partial charge in [-0.15, -0.1) is 0 Å². The van der Waals surface area contributed by atoms with Gasteiger partial charge in [0, 0.05) is 38.3 Å². The number of aliphatic carboxylic acids is 1. The maximum Gasteiger partial charge on any atom is 0.492 e. The summed E-state index contributed by atoms with van der Waals surface area (Å²) in [6, 6.07) is 2.56. The van der Waals surface area contributed by atoms with Gasteiger partial charge in [-0.3, -0.25) is 9.69 Å². The topological polar surface area (TPSA) is 99.5 Å². The highest BCUT2D eigenvalue weighted by Gasteiger charge is 2.36. The van der Waals surface area contributed by atoms with E-state index in [0.717, 1.165) is 31.7 Å². The van der Waals surface area contributed by atoms with Crippen molar-refractivity contribution in [3.8, 4) is 0 Å². The molecule has 0 aromatic heterocycles. The van der Waals surface area contributed by atoms with Crippen molar-refractivity contribution >= 4 is 24.5 Å². The smallest absolute Gasteiger partial charge is 0.480 e. The number of nitrogens with zero attached hydrogens (tertiary/aromatic N) is 2. The minimum atomic E-state index is -1.06. The van der Waals surface area contributed by atoms with Crippen LogP contribution in [0.5, 0.6) is 0 Å². The van der Waals surface area contributed by atoms with Gasteiger partial charge in [0.2, 0.25) is 0 Å². The van der Waals surface area contributed by atoms with Crippen molar-refractivity contribution in [2.75, 3.05) is 39.4 Å². The number of carbonyl (C=O) groups excluding carboxylic acids is 1. The molecule has 1 aromatic carbocycles. The number of hydrogen-bond donors (Lipinski definition) is 2. The third-order valence-corrected chi connectivity index (χ3v) is 5.93. The molecule has 1 atom stereocenters. The standard InChI is InChI=1S/C21H31BN2O6/c1-14(2)19(21(26)27)24(9-8-23-7-4-11-29-12-10-23)20(25)17-6-5-16-13-30-22(28)18(16)15(17)3/h5-6,14,19,28H,4,7-13H2,1-3H3,(H,26,27). The number of carboxylic acid groups (broad SMARTS) is 1. The van der Waals surface area contributed by atoms with Gasteiger partial charge in [0.25, 0.3) is 5.91 Å². The van der Waals surface area contributed by atoms with Gasteiger partial charge in [0.15, 0.2) is 0 Å². The molecule has 9 heteroatoms. The van der Waals surface area contributed by atoms with Crippen LogP contribution < -0.4 is 5.46 Å². The Morgan fingerprint density at radius 1 is 1.27 bits per heavy atom. The van der Waals surface area contributed by atoms with Crippen molar-refractivity contribution in [3.05, 3.63) is 28.8 Å². The number of benzene rings is 1. The summed E-state index contributed by atoms with van der Waals surface area (Å²) in [6.07, 6.45) is 0.919. The minimum absolute atomic E-state index is 0.248. The fourth-order valence-electron chi connectivity index (χ4n) is 4.31. The van der Waals surface area contributed by atoms with Gasteiger partial charge in [-0.2, -0.15) is 0 Å². The number of carbonyl (C=O) groups is 2. The number of ether oxygens (including phenoxy) is 1. The molecule has 2 aliphatic heterocycles. The Bertz CT molecular complexity index is 779. The van der Waals surface area contributed by atoms with Crippen LogP contribution in [0.4, 0.5) is 0 Å². The van der Waals surface area contributed by atoms with E-state index in [1.165, 1.54) is 4.90 Å². The monoisotopic (exact) mass is 418 g/mol. The van der Waals surface area contributed by atoms with E-state index >= 15 is 0 Å². The van der Waals surface area contributed by atoms with Crippen LogP contribution in [0.15, 0.2) is 12.1 Å². The van der Waals surface area contributed by atoms with Crippen molar-refractivity contribution in [3.63, 3.8) is 0 Å². The molecule has 8 nitrogen and oxygen atoms in total. The molecule has 2 heterocycles. The van der Waals surface area contributed by atoms with E-state index in [-0.39, 0.29) is 11.8 Å². The second-order valence-electron chi connectivity index (χ2n) is 8.31. The largest absolute Gasteiger partial charge is 0.492 e. The zero-order valence-electron chi connectivity index (χ0n) is 18.0. The Morgan fingerprint density at radius 2 is 2.03 bits per heavy atom. The van der Waals surface area contributed by atoms with Crippen molar-refractivity contribution < 1.29 is 29.1 Å². The number of hydrogen-bond acceptors (Lipinski definition) is 6. The molecule has 0 bridgehead atoms. The molecule has 1 fully saturated rings. The Morgan fingerprint density at radius 3 is 2.73 bits per heavy atom. The Balaban J connectivity index is 1.88. The fourth-order valence-corrected chi connectivity index (χ4v) is 4.31. The third-order valence-electron chi connectivity index (χ3n) is 5.93. The summed E-state index contributed by atoms with van der Waals surface area (Å²) >= 11 is 0. The Kier molecular flexibility index (Phi) is 7.52. The zero-order chi connectivity index (χ0) is 21.8. The van der Waals surface area contributed by atoms with Crippen molar-refractivity contribution in [1.29, 1.82) is 0 Å². The van der Waals surface area contributed by atoms with Gasteiger partial charge in [-0.05, 0) is 41.9 Å². The van der Waals surface area contributed by atoms with Crippen molar-refractivity contribution in [2.24, 2.45) is 5.92 Å². The first-order chi connectivity index (χ1) is 14.3. The summed E-state index contributed by atoms with van der Waals surface area (Å²) in [6.45, 7) is 9.59. The number of fused-ring (bicyclic) bond motifs is 1. The summed E-state index contributed by atoms with van der Waals surface area (Å²) in [4.78, 5) is 29.3. The fraction of sp³-hybridized carbons (Fsp3) is 0.619. The lowest BCUT2D eigenvalue weighted by molar-refractivity contribution is -0.144. The van der Waals surface area contributed by atoms with Crippen LogP contribution in [0.2, 0.25) is 0 Å². The van der Waals surface area contributed by atoms with Crippen LogP contribution in [0.25, 0.3) is 0 Å². The summed E-state index contributed by atoms with van der Waals surface area (Å²) in [5, 5.41) is 20.0. The first kappa shape index (κ1) is 22.7. The van der Waals surface area contributed by atoms with Crippen LogP contribution in [-0.2, 0) is 20.8 Å². The van der Waals surface area contributed by atoms with Gasteiger partial charge in [0.1, 0.15) is 6.04 Å². The molecule has 164 valence electrons. The van der Waals surface area contributed by atoms with Gasteiger partial charge in [-0.25, -0.2) is 4.79 Å². The quantitative estimate of drug-likeness (QED) is 0.622. The van der Waals surface area contributed by atoms with Crippen LogP contribution >= 0.6 is 0 Å². The van der Waals surface area contributed by atoms with E-state index in [0.29, 0.717) is 42.9 Å². The molecule has 0 aliphatic carbocycles. The second-order valence-corrected chi connectivity index (χ2v) is 8.31. The number of carboxylic acids is 1. The van der Waals surface area contributed by atoms with Gasteiger partial charge in [-0.1, -0.05) is 19.9 Å². The highest BCUT2D eigenvalue weighted by atomic mass is 16.5. The summed E-state index contributed by atoms with van der Waals surface area (Å²) < 4.78 is 10.8. The third kappa shape index (κ3) is 4.86. The average molecular weight is 418 g/mol. The highest BCUT2D eigenvalue weighted by molar-refractivity contribution is 6.62. The number of rotatable bonds is 7. The molecule has 1 unspecified atom stereocenters. The molecule has 3 rings (SSSR count). The minimum Gasteiger partial charge on any atom is -0.480 e. The molecule has 1 amide bonds. The summed E-state index contributed by atoms with van der Waals surface area (Å²) in [7, 11) is -1.06. The first-order valence-electron chi connectivity index (χ1n) is 10.6. The van der Waals surface area contributed by atoms with Crippen molar-refractivity contribution in [2.45, 2.75) is 39.8 Å². The molecular weight excluding hydrogens is 387 g/mol. The molecule has 1 saturated heterocycles. The van der Waals surface area contributed by atoms with E-state index < -0.39 is 19.1 Å². The SMILES string of the molecule is Cc1c(C(=O)N(CCN2CCCOCC2)C(C(=O)O)C(C)C)ccc2c1B(O)OC2. The molecule has 2 N–H and O–H groups in total. The van der Waals surface area contributed by atoms with Gasteiger partial charge < -0.3 is 24.4 Å². The average Bonchev–Trinajstić information content (AvgIpc) is 2.89. The number of amides is 1. The van der Waals surface area contributed by atoms with E-state index in [1.807, 2.05) is 13.8 Å². The molecule has 0 spiro atoms. The summed E-state index contributed by atoms with van der Waals surface area (Å²) in [5.41, 5.74) is 2.51. The van der Waals surface area contributed by atoms with E-state index in [2.05, 4.69) is 4.90 Å². The predicted octanol–water partition coefficient (Wildman–Crippen LogP) is 0.486. The molecule has 30 heavy (non-hydrogen) atoms. The highest BCUT2D eigenvalue weighted by Crippen LogP contribution is 2.21. The Hall–Kier alpha value is -1.94. The van der Waals surface area contributed by atoms with Crippen LogP contribution in [0.1, 0.15) is 41.8 Å². The summed E-state index contributed by atoms with van der Waals surface area (Å²) in [5.74, 6) is -1.59. The normalized spacial score (nSPS) is 18.2. The molecule has 2 aliphatic rings. The molecule has 0 saturated carbocycles. The molecular formula is C21H31BN2O6. The Labute approximate surface area is 177 Å². The van der Waals surface area contributed by atoms with Crippen LogP contribution in [0, 0.1) is 12.8 Å². The van der Waals surface area contributed by atoms with E-state index in [4.69, 9.17) is 9.39 Å². The lowest BCUT2D eigenvalue weighted by Crippen LogP contribution is -2.51. The molecule has 1 aromatic rings. The maximum atomic E-state index is 13.6. The lowest BCUT2D eigenvalue weighted by Gasteiger charge is -2.34. The van der Waals surface area contributed by atoms with Crippen LogP contribution in [0.3, 0.4) is 0 Å². The zero-order valence-corrected chi connectivity index (χ0v) is 18.0.